The van der Waals surface area contributed by atoms with Crippen molar-refractivity contribution in [1.29, 1.82) is 0 Å². The van der Waals surface area contributed by atoms with E-state index in [1.807, 2.05) is 24.7 Å². The molecule has 0 aliphatic rings. The van der Waals surface area contributed by atoms with E-state index in [4.69, 9.17) is 6.42 Å². The average molecular weight is 341 g/mol. The van der Waals surface area contributed by atoms with Crippen LogP contribution in [0.1, 0.15) is 26.7 Å². The fourth-order valence-corrected chi connectivity index (χ4v) is 1.98. The first kappa shape index (κ1) is 16.6. The van der Waals surface area contributed by atoms with Gasteiger partial charge in [-0.3, -0.25) is 4.68 Å². The molecule has 0 fully saturated rings. The molecule has 0 aliphatic heterocycles. The fraction of sp³-hybridized carbons (Fsp3) is 0.571. The predicted octanol–water partition coefficient (Wildman–Crippen LogP) is 2.38. The van der Waals surface area contributed by atoms with Crippen molar-refractivity contribution in [3.8, 4) is 12.3 Å². The third kappa shape index (κ3) is 6.11. The van der Waals surface area contributed by atoms with Crippen molar-refractivity contribution in [1.82, 2.24) is 20.4 Å². The molecule has 1 atom stereocenters. The third-order valence-corrected chi connectivity index (χ3v) is 3.24. The van der Waals surface area contributed by atoms with Gasteiger partial charge in [0, 0.05) is 19.3 Å². The first-order valence-corrected chi connectivity index (χ1v) is 7.50. The summed E-state index contributed by atoms with van der Waals surface area (Å²) in [6.45, 7) is 5.43. The minimum atomic E-state index is -0.226. The smallest absolute Gasteiger partial charge is 0.315 e. The number of nitrogens with zero attached hydrogens (tertiary/aromatic N) is 2. The van der Waals surface area contributed by atoms with Gasteiger partial charge < -0.3 is 10.6 Å². The number of carbonyl (C=O) groups excluding carboxylic acids is 1. The molecule has 6 heteroatoms. The van der Waals surface area contributed by atoms with Gasteiger partial charge in [0.25, 0.3) is 0 Å². The van der Waals surface area contributed by atoms with Gasteiger partial charge in [0.2, 0.25) is 0 Å². The monoisotopic (exact) mass is 340 g/mol. The molecule has 0 saturated heterocycles. The standard InChI is InChI=1S/C14H21BrN4O/c1-4-13(11(2)3)18-14(20)16-7-5-6-8-19-10-12(15)9-17-19/h1,9-11,13H,5-8H2,2-3H3,(H2,16,18,20). The summed E-state index contributed by atoms with van der Waals surface area (Å²) in [6.07, 6.45) is 10.9. The summed E-state index contributed by atoms with van der Waals surface area (Å²) in [5.74, 6) is 2.80. The second kappa shape index (κ2) is 8.64. The lowest BCUT2D eigenvalue weighted by molar-refractivity contribution is 0.236. The van der Waals surface area contributed by atoms with E-state index in [1.54, 1.807) is 6.20 Å². The normalized spacial score (nSPS) is 11.9. The van der Waals surface area contributed by atoms with Crippen molar-refractivity contribution in [3.63, 3.8) is 0 Å². The van der Waals surface area contributed by atoms with Crippen molar-refractivity contribution in [2.24, 2.45) is 5.92 Å². The maximum Gasteiger partial charge on any atom is 0.315 e. The highest BCUT2D eigenvalue weighted by Crippen LogP contribution is 2.06. The number of halogens is 1. The van der Waals surface area contributed by atoms with Crippen LogP contribution in [0.2, 0.25) is 0 Å². The lowest BCUT2D eigenvalue weighted by Gasteiger charge is -2.16. The zero-order valence-electron chi connectivity index (χ0n) is 11.9. The number of unbranched alkanes of at least 4 members (excludes halogenated alkanes) is 1. The van der Waals surface area contributed by atoms with Crippen LogP contribution in [-0.2, 0) is 6.54 Å². The van der Waals surface area contributed by atoms with Crippen LogP contribution in [0.25, 0.3) is 0 Å². The van der Waals surface area contributed by atoms with Gasteiger partial charge in [0.1, 0.15) is 0 Å². The lowest BCUT2D eigenvalue weighted by Crippen LogP contribution is -2.44. The van der Waals surface area contributed by atoms with E-state index in [9.17, 15) is 4.79 Å². The Balaban J connectivity index is 2.12. The second-order valence-electron chi connectivity index (χ2n) is 4.92. The van der Waals surface area contributed by atoms with Crippen molar-refractivity contribution >= 4 is 22.0 Å². The van der Waals surface area contributed by atoms with Crippen molar-refractivity contribution in [2.75, 3.05) is 6.54 Å². The third-order valence-electron chi connectivity index (χ3n) is 2.83. The Morgan fingerprint density at radius 3 is 2.85 bits per heavy atom. The summed E-state index contributed by atoms with van der Waals surface area (Å²) in [7, 11) is 0. The first-order chi connectivity index (χ1) is 9.52. The Morgan fingerprint density at radius 1 is 1.55 bits per heavy atom. The van der Waals surface area contributed by atoms with E-state index in [0.717, 1.165) is 23.9 Å². The number of aromatic nitrogens is 2. The Labute approximate surface area is 128 Å². The van der Waals surface area contributed by atoms with E-state index in [0.29, 0.717) is 6.54 Å². The number of rotatable bonds is 7. The summed E-state index contributed by atoms with van der Waals surface area (Å²) in [4.78, 5) is 11.6. The van der Waals surface area contributed by atoms with Gasteiger partial charge in [-0.05, 0) is 34.7 Å². The average Bonchev–Trinajstić information content (AvgIpc) is 2.81. The summed E-state index contributed by atoms with van der Waals surface area (Å²) in [5.41, 5.74) is 0. The number of terminal acetylenes is 1. The maximum atomic E-state index is 11.6. The van der Waals surface area contributed by atoms with Crippen LogP contribution < -0.4 is 10.6 Å². The zero-order chi connectivity index (χ0) is 15.0. The van der Waals surface area contributed by atoms with E-state index in [1.165, 1.54) is 0 Å². The van der Waals surface area contributed by atoms with Gasteiger partial charge in [-0.15, -0.1) is 6.42 Å². The summed E-state index contributed by atoms with van der Waals surface area (Å²) in [6, 6.07) is -0.431. The van der Waals surface area contributed by atoms with Crippen LogP contribution in [0.15, 0.2) is 16.9 Å². The van der Waals surface area contributed by atoms with E-state index >= 15 is 0 Å². The van der Waals surface area contributed by atoms with Crippen LogP contribution in [0.3, 0.4) is 0 Å². The Bertz CT molecular complexity index is 464. The molecule has 1 unspecified atom stereocenters. The fourth-order valence-electron chi connectivity index (χ4n) is 1.65. The van der Waals surface area contributed by atoms with Gasteiger partial charge in [0.15, 0.2) is 0 Å². The molecule has 1 aromatic heterocycles. The molecule has 0 aromatic carbocycles. The predicted molar refractivity (Wildman–Crippen MR) is 83.2 cm³/mol. The van der Waals surface area contributed by atoms with Gasteiger partial charge >= 0.3 is 6.03 Å². The highest BCUT2D eigenvalue weighted by Gasteiger charge is 2.12. The Kier molecular flexibility index (Phi) is 7.16. The summed E-state index contributed by atoms with van der Waals surface area (Å²) < 4.78 is 2.85. The molecule has 1 heterocycles. The minimum absolute atomic E-state index is 0.205. The largest absolute Gasteiger partial charge is 0.338 e. The molecule has 2 amide bonds. The number of aryl methyl sites for hydroxylation is 1. The summed E-state index contributed by atoms with van der Waals surface area (Å²) in [5, 5.41) is 9.74. The second-order valence-corrected chi connectivity index (χ2v) is 5.83. The number of hydrogen-bond donors (Lipinski definition) is 2. The minimum Gasteiger partial charge on any atom is -0.338 e. The first-order valence-electron chi connectivity index (χ1n) is 6.71. The van der Waals surface area contributed by atoms with Crippen molar-refractivity contribution in [2.45, 2.75) is 39.3 Å². The van der Waals surface area contributed by atoms with Gasteiger partial charge in [-0.25, -0.2) is 4.79 Å². The molecular formula is C14H21BrN4O. The van der Waals surface area contributed by atoms with Crippen LogP contribution in [0.4, 0.5) is 4.79 Å². The lowest BCUT2D eigenvalue weighted by atomic mass is 10.1. The van der Waals surface area contributed by atoms with E-state index < -0.39 is 0 Å². The molecule has 0 aliphatic carbocycles. The van der Waals surface area contributed by atoms with Gasteiger partial charge in [-0.2, -0.15) is 5.10 Å². The maximum absolute atomic E-state index is 11.6. The van der Waals surface area contributed by atoms with E-state index in [-0.39, 0.29) is 18.0 Å². The van der Waals surface area contributed by atoms with Crippen molar-refractivity contribution < 1.29 is 4.79 Å². The molecule has 2 N–H and O–H groups in total. The van der Waals surface area contributed by atoms with E-state index in [2.05, 4.69) is 37.6 Å². The topological polar surface area (TPSA) is 59.0 Å². The van der Waals surface area contributed by atoms with Crippen LogP contribution >= 0.6 is 15.9 Å². The quantitative estimate of drug-likeness (QED) is 0.591. The van der Waals surface area contributed by atoms with Crippen LogP contribution in [0, 0.1) is 18.3 Å². The molecule has 0 bridgehead atoms. The number of nitrogens with one attached hydrogen (secondary N) is 2. The molecule has 110 valence electrons. The molecule has 20 heavy (non-hydrogen) atoms. The molecular weight excluding hydrogens is 320 g/mol. The SMILES string of the molecule is C#CC(NC(=O)NCCCCn1cc(Br)cn1)C(C)C. The number of carbonyl (C=O) groups is 1. The molecule has 1 aromatic rings. The molecule has 0 spiro atoms. The molecule has 5 nitrogen and oxygen atoms in total. The highest BCUT2D eigenvalue weighted by molar-refractivity contribution is 9.10. The van der Waals surface area contributed by atoms with Crippen LogP contribution in [0.5, 0.6) is 0 Å². The van der Waals surface area contributed by atoms with Crippen molar-refractivity contribution in [3.05, 3.63) is 16.9 Å². The summed E-state index contributed by atoms with van der Waals surface area (Å²) >= 11 is 3.35. The highest BCUT2D eigenvalue weighted by atomic mass is 79.9. The number of hydrogen-bond acceptors (Lipinski definition) is 2. The van der Waals surface area contributed by atoms with Crippen LogP contribution in [-0.4, -0.2) is 28.4 Å². The van der Waals surface area contributed by atoms with Gasteiger partial charge in [-0.1, -0.05) is 19.8 Å². The zero-order valence-corrected chi connectivity index (χ0v) is 13.5. The molecule has 1 rings (SSSR count). The Morgan fingerprint density at radius 2 is 2.30 bits per heavy atom. The molecule has 0 saturated carbocycles. The molecule has 0 radical (unpaired) electrons. The number of urea groups is 1. The van der Waals surface area contributed by atoms with Gasteiger partial charge in [0.05, 0.1) is 16.7 Å². The Hall–Kier alpha value is -1.48. The number of amides is 2.